The van der Waals surface area contributed by atoms with E-state index in [0.717, 1.165) is 46.4 Å². The van der Waals surface area contributed by atoms with E-state index in [0.29, 0.717) is 11.4 Å². The zero-order chi connectivity index (χ0) is 22.2. The summed E-state index contributed by atoms with van der Waals surface area (Å²) in [6.45, 7) is 0.925. The number of likely N-dealkylation sites (N-methyl/N-ethyl adjacent to an activating group) is 1. The van der Waals surface area contributed by atoms with Gasteiger partial charge in [0.1, 0.15) is 17.8 Å². The summed E-state index contributed by atoms with van der Waals surface area (Å²) in [7, 11) is 5.43. The number of fused-ring (bicyclic) bond motifs is 1. The Morgan fingerprint density at radius 2 is 1.94 bits per heavy atom. The molecule has 0 spiro atoms. The van der Waals surface area contributed by atoms with E-state index in [-0.39, 0.29) is 11.9 Å². The fourth-order valence-electron chi connectivity index (χ4n) is 4.10. The number of hydrogen-bond donors (Lipinski definition) is 1. The minimum absolute atomic E-state index is 0.0406. The lowest BCUT2D eigenvalue weighted by atomic mass is 10.0. The number of aromatic nitrogens is 4. The van der Waals surface area contributed by atoms with Crippen LogP contribution in [0.4, 0.5) is 5.69 Å². The molecule has 1 N–H and O–H groups in total. The van der Waals surface area contributed by atoms with Crippen molar-refractivity contribution in [2.75, 3.05) is 26.0 Å². The Kier molecular flexibility index (Phi) is 5.07. The van der Waals surface area contributed by atoms with Crippen molar-refractivity contribution in [1.29, 1.82) is 0 Å². The molecule has 1 unspecified atom stereocenters. The zero-order valence-corrected chi connectivity index (χ0v) is 18.2. The van der Waals surface area contributed by atoms with E-state index >= 15 is 0 Å². The third-order valence-corrected chi connectivity index (χ3v) is 5.94. The van der Waals surface area contributed by atoms with Crippen LogP contribution in [0.15, 0.2) is 55.0 Å². The monoisotopic (exact) mass is 428 g/mol. The minimum Gasteiger partial charge on any atom is -0.494 e. The zero-order valence-electron chi connectivity index (χ0n) is 18.2. The van der Waals surface area contributed by atoms with Crippen molar-refractivity contribution < 1.29 is 9.53 Å². The lowest BCUT2D eigenvalue weighted by Gasteiger charge is -2.36. The highest BCUT2D eigenvalue weighted by atomic mass is 16.5. The molecule has 8 heteroatoms. The molecule has 32 heavy (non-hydrogen) atoms. The summed E-state index contributed by atoms with van der Waals surface area (Å²) in [5, 5.41) is 8.52. The van der Waals surface area contributed by atoms with Crippen LogP contribution in [0.25, 0.3) is 33.4 Å². The number of rotatable bonds is 5. The van der Waals surface area contributed by atoms with Gasteiger partial charge >= 0.3 is 0 Å². The Balaban J connectivity index is 1.63. The molecular formula is C24H24N6O2. The molecular weight excluding hydrogens is 404 g/mol. The number of amides is 1. The average Bonchev–Trinajstić information content (AvgIpc) is 3.19. The largest absolute Gasteiger partial charge is 0.494 e. The van der Waals surface area contributed by atoms with Crippen molar-refractivity contribution in [3.05, 3.63) is 55.0 Å². The number of methoxy groups -OCH3 is 1. The topological polar surface area (TPSA) is 85.2 Å². The Morgan fingerprint density at radius 1 is 1.12 bits per heavy atom. The predicted octanol–water partition coefficient (Wildman–Crippen LogP) is 3.35. The van der Waals surface area contributed by atoms with Crippen LogP contribution in [0, 0.1) is 0 Å². The third-order valence-electron chi connectivity index (χ3n) is 5.94. The highest BCUT2D eigenvalue weighted by Crippen LogP contribution is 2.37. The molecule has 5 rings (SSSR count). The van der Waals surface area contributed by atoms with Crippen molar-refractivity contribution >= 4 is 22.5 Å². The Bertz CT molecular complexity index is 1300. The number of carbonyl (C=O) groups is 1. The molecule has 0 radical (unpaired) electrons. The van der Waals surface area contributed by atoms with Gasteiger partial charge in [0.25, 0.3) is 0 Å². The summed E-state index contributed by atoms with van der Waals surface area (Å²) < 4.78 is 7.33. The number of benzene rings is 2. The molecule has 1 atom stereocenters. The molecule has 0 saturated carbocycles. The van der Waals surface area contributed by atoms with Gasteiger partial charge in [-0.25, -0.2) is 9.97 Å². The number of ether oxygens (including phenoxy) is 1. The van der Waals surface area contributed by atoms with Crippen molar-refractivity contribution in [2.45, 2.75) is 12.5 Å². The van der Waals surface area contributed by atoms with E-state index in [9.17, 15) is 4.79 Å². The van der Waals surface area contributed by atoms with Crippen LogP contribution in [0.1, 0.15) is 6.42 Å². The van der Waals surface area contributed by atoms with Crippen LogP contribution in [0.3, 0.4) is 0 Å². The highest BCUT2D eigenvalue weighted by Gasteiger charge is 2.31. The summed E-state index contributed by atoms with van der Waals surface area (Å²) in [5.41, 5.74) is 4.82. The number of nitrogens with one attached hydrogen (secondary N) is 1. The SMILES string of the molecule is COc1cc2ncnc(-c3cn(C)nc3-c3ccccc3)c2cc1NC(=O)C1CCN1C. The number of carbonyl (C=O) groups excluding carboxylic acids is 1. The highest BCUT2D eigenvalue weighted by molar-refractivity contribution is 6.02. The molecule has 1 fully saturated rings. The molecule has 4 aromatic rings. The fourth-order valence-corrected chi connectivity index (χ4v) is 4.10. The first-order valence-corrected chi connectivity index (χ1v) is 10.5. The van der Waals surface area contributed by atoms with E-state index in [4.69, 9.17) is 4.74 Å². The second kappa shape index (κ2) is 8.05. The fraction of sp³-hybridized carbons (Fsp3) is 0.250. The molecule has 8 nitrogen and oxygen atoms in total. The predicted molar refractivity (Wildman–Crippen MR) is 123 cm³/mol. The first kappa shape index (κ1) is 20.1. The molecule has 2 aromatic carbocycles. The van der Waals surface area contributed by atoms with E-state index in [1.807, 2.05) is 67.7 Å². The molecule has 0 aliphatic carbocycles. The summed E-state index contributed by atoms with van der Waals surface area (Å²) >= 11 is 0. The molecule has 1 saturated heterocycles. The van der Waals surface area contributed by atoms with Crippen molar-refractivity contribution in [2.24, 2.45) is 7.05 Å². The van der Waals surface area contributed by atoms with Gasteiger partial charge in [0.15, 0.2) is 0 Å². The average molecular weight is 428 g/mol. The van der Waals surface area contributed by atoms with Crippen molar-refractivity contribution in [1.82, 2.24) is 24.6 Å². The van der Waals surface area contributed by atoms with Gasteiger partial charge in [-0.3, -0.25) is 14.4 Å². The maximum Gasteiger partial charge on any atom is 0.241 e. The van der Waals surface area contributed by atoms with Gasteiger partial charge in [-0.1, -0.05) is 30.3 Å². The van der Waals surface area contributed by atoms with Crippen LogP contribution < -0.4 is 10.1 Å². The maximum atomic E-state index is 12.8. The summed E-state index contributed by atoms with van der Waals surface area (Å²) in [6, 6.07) is 13.6. The van der Waals surface area contributed by atoms with Gasteiger partial charge in [0.2, 0.25) is 5.91 Å². The van der Waals surface area contributed by atoms with Crippen molar-refractivity contribution in [3.8, 4) is 28.3 Å². The van der Waals surface area contributed by atoms with Gasteiger partial charge in [-0.05, 0) is 19.5 Å². The molecule has 1 amide bonds. The Labute approximate surface area is 185 Å². The molecule has 2 aromatic heterocycles. The standard InChI is InChI=1S/C24H24N6O2/c1-29-10-9-20(29)24(31)27-19-11-16-18(12-21(19)32-3)25-14-26-23(16)17-13-30(2)28-22(17)15-7-5-4-6-8-15/h4-8,11-14,20H,9-10H2,1-3H3,(H,27,31). The second-order valence-electron chi connectivity index (χ2n) is 8.00. The number of nitrogens with zero attached hydrogens (tertiary/aromatic N) is 5. The first-order chi connectivity index (χ1) is 15.5. The Morgan fingerprint density at radius 3 is 2.62 bits per heavy atom. The number of hydrogen-bond acceptors (Lipinski definition) is 6. The normalized spacial score (nSPS) is 16.0. The smallest absolute Gasteiger partial charge is 0.241 e. The first-order valence-electron chi connectivity index (χ1n) is 10.5. The maximum absolute atomic E-state index is 12.8. The number of aryl methyl sites for hydroxylation is 1. The van der Waals surface area contributed by atoms with Gasteiger partial charge in [0.05, 0.1) is 30.0 Å². The van der Waals surface area contributed by atoms with Gasteiger partial charge < -0.3 is 10.1 Å². The van der Waals surface area contributed by atoms with Crippen LogP contribution in [-0.2, 0) is 11.8 Å². The molecule has 0 bridgehead atoms. The lowest BCUT2D eigenvalue weighted by Crippen LogP contribution is -2.51. The molecule has 3 heterocycles. The van der Waals surface area contributed by atoms with Gasteiger partial charge in [0, 0.05) is 42.4 Å². The minimum atomic E-state index is -0.120. The van der Waals surface area contributed by atoms with Crippen LogP contribution >= 0.6 is 0 Å². The van der Waals surface area contributed by atoms with E-state index in [1.165, 1.54) is 0 Å². The van der Waals surface area contributed by atoms with Crippen LogP contribution in [-0.4, -0.2) is 57.3 Å². The van der Waals surface area contributed by atoms with Crippen molar-refractivity contribution in [3.63, 3.8) is 0 Å². The summed E-state index contributed by atoms with van der Waals surface area (Å²) in [6.07, 6.45) is 4.35. The van der Waals surface area contributed by atoms with E-state index in [2.05, 4.69) is 20.4 Å². The number of likely N-dealkylation sites (tertiary alicyclic amines) is 1. The van der Waals surface area contributed by atoms with Crippen LogP contribution in [0.5, 0.6) is 5.75 Å². The molecule has 1 aliphatic rings. The quantitative estimate of drug-likeness (QED) is 0.525. The van der Waals surface area contributed by atoms with Crippen LogP contribution in [0.2, 0.25) is 0 Å². The second-order valence-corrected chi connectivity index (χ2v) is 8.00. The molecule has 1 aliphatic heterocycles. The summed E-state index contributed by atoms with van der Waals surface area (Å²) in [4.78, 5) is 23.8. The van der Waals surface area contributed by atoms with Gasteiger partial charge in [-0.2, -0.15) is 5.10 Å². The van der Waals surface area contributed by atoms with Gasteiger partial charge in [-0.15, -0.1) is 0 Å². The van der Waals surface area contributed by atoms with E-state index in [1.54, 1.807) is 18.1 Å². The number of anilines is 1. The summed E-state index contributed by atoms with van der Waals surface area (Å²) in [5.74, 6) is 0.521. The molecule has 162 valence electrons. The van der Waals surface area contributed by atoms with E-state index < -0.39 is 0 Å². The third kappa shape index (κ3) is 3.48. The Hall–Kier alpha value is -3.78. The lowest BCUT2D eigenvalue weighted by molar-refractivity contribution is -0.124.